The van der Waals surface area contributed by atoms with Gasteiger partial charge in [0.05, 0.1) is 16.7 Å². The largest absolute Gasteiger partial charge is 0.454 e. The molecule has 8 aromatic carbocycles. The van der Waals surface area contributed by atoms with Gasteiger partial charge < -0.3 is 8.98 Å². The minimum Gasteiger partial charge on any atom is -0.454 e. The normalized spacial score (nSPS) is 11.6. The molecule has 5 nitrogen and oxygen atoms in total. The van der Waals surface area contributed by atoms with Crippen molar-refractivity contribution in [3.8, 4) is 62.1 Å². The van der Waals surface area contributed by atoms with Crippen molar-refractivity contribution in [1.82, 2.24) is 19.5 Å². The summed E-state index contributed by atoms with van der Waals surface area (Å²) in [6.07, 6.45) is 0. The van der Waals surface area contributed by atoms with E-state index in [1.165, 1.54) is 21.9 Å². The van der Waals surface area contributed by atoms with E-state index in [1.54, 1.807) is 0 Å². The van der Waals surface area contributed by atoms with Gasteiger partial charge in [-0.05, 0) is 64.7 Å². The van der Waals surface area contributed by atoms with Gasteiger partial charge in [0.1, 0.15) is 5.58 Å². The van der Waals surface area contributed by atoms with Crippen LogP contribution < -0.4 is 0 Å². The molecular weight excluding hydrogens is 685 g/mol. The number of fused-ring (bicyclic) bond motifs is 6. The molecule has 0 atom stereocenters. The molecule has 5 heteroatoms. The summed E-state index contributed by atoms with van der Waals surface area (Å²) in [4.78, 5) is 14.8. The van der Waals surface area contributed by atoms with Gasteiger partial charge in [0, 0.05) is 38.2 Å². The topological polar surface area (TPSA) is 56.7 Å². The summed E-state index contributed by atoms with van der Waals surface area (Å²) in [5, 5.41) is 4.57. The van der Waals surface area contributed by atoms with Crippen LogP contribution in [-0.2, 0) is 0 Å². The van der Waals surface area contributed by atoms with Gasteiger partial charge in [-0.2, -0.15) is 0 Å². The number of furan rings is 1. The summed E-state index contributed by atoms with van der Waals surface area (Å²) < 4.78 is 9.19. The molecule has 0 aliphatic heterocycles. The molecule has 0 bridgehead atoms. The molecule has 0 aliphatic rings. The molecular formula is C51H32N4O. The SMILES string of the molecule is c1ccc(-c2ccc3c(c2)c2ccccc2n3-c2cccc3c2oc2cc(-c4cccc(-c5nc(-c6ccccc6)nc(-c6ccccc6)n5)c4)ccc23)cc1. The number of para-hydroxylation sites is 2. The Kier molecular flexibility index (Phi) is 7.42. The first kappa shape index (κ1) is 31.9. The zero-order chi connectivity index (χ0) is 37.0. The van der Waals surface area contributed by atoms with Crippen LogP contribution in [0.15, 0.2) is 199 Å². The lowest BCUT2D eigenvalue weighted by Crippen LogP contribution is -2.00. The predicted octanol–water partition coefficient (Wildman–Crippen LogP) is 13.2. The minimum absolute atomic E-state index is 0.621. The van der Waals surface area contributed by atoms with Crippen molar-refractivity contribution < 1.29 is 4.42 Å². The van der Waals surface area contributed by atoms with Crippen molar-refractivity contribution in [2.24, 2.45) is 0 Å². The smallest absolute Gasteiger partial charge is 0.164 e. The van der Waals surface area contributed by atoms with Crippen LogP contribution >= 0.6 is 0 Å². The van der Waals surface area contributed by atoms with E-state index >= 15 is 0 Å². The van der Waals surface area contributed by atoms with Crippen molar-refractivity contribution >= 4 is 43.7 Å². The van der Waals surface area contributed by atoms with Crippen LogP contribution in [0.1, 0.15) is 0 Å². The predicted molar refractivity (Wildman–Crippen MR) is 229 cm³/mol. The second-order valence-electron chi connectivity index (χ2n) is 14.0. The molecule has 56 heavy (non-hydrogen) atoms. The van der Waals surface area contributed by atoms with Gasteiger partial charge in [0.25, 0.3) is 0 Å². The quantitative estimate of drug-likeness (QED) is 0.172. The number of hydrogen-bond donors (Lipinski definition) is 0. The maximum absolute atomic E-state index is 6.85. The van der Waals surface area contributed by atoms with E-state index in [0.29, 0.717) is 17.5 Å². The van der Waals surface area contributed by atoms with Crippen molar-refractivity contribution in [2.75, 3.05) is 0 Å². The molecule has 0 fully saturated rings. The van der Waals surface area contributed by atoms with Crippen LogP contribution in [-0.4, -0.2) is 19.5 Å². The van der Waals surface area contributed by atoms with Gasteiger partial charge in [-0.15, -0.1) is 0 Å². The molecule has 11 rings (SSSR count). The molecule has 0 saturated heterocycles. The van der Waals surface area contributed by atoms with Crippen molar-refractivity contribution in [1.29, 1.82) is 0 Å². The Labute approximate surface area is 322 Å². The van der Waals surface area contributed by atoms with Crippen LogP contribution in [0.3, 0.4) is 0 Å². The molecule has 0 aliphatic carbocycles. The third-order valence-corrected chi connectivity index (χ3v) is 10.7. The Morgan fingerprint density at radius 2 is 0.839 bits per heavy atom. The van der Waals surface area contributed by atoms with E-state index in [4.69, 9.17) is 19.4 Å². The van der Waals surface area contributed by atoms with Crippen molar-refractivity contribution in [3.05, 3.63) is 194 Å². The van der Waals surface area contributed by atoms with Crippen molar-refractivity contribution in [3.63, 3.8) is 0 Å². The highest BCUT2D eigenvalue weighted by atomic mass is 16.3. The fraction of sp³-hybridized carbons (Fsp3) is 0. The molecule has 0 N–H and O–H groups in total. The molecule has 0 saturated carbocycles. The van der Waals surface area contributed by atoms with Crippen LogP contribution in [0, 0.1) is 0 Å². The summed E-state index contributed by atoms with van der Waals surface area (Å²) in [5.74, 6) is 1.90. The first-order chi connectivity index (χ1) is 27.7. The van der Waals surface area contributed by atoms with Crippen LogP contribution in [0.25, 0.3) is 106 Å². The molecule has 3 heterocycles. The number of rotatable bonds is 6. The van der Waals surface area contributed by atoms with Crippen LogP contribution in [0.5, 0.6) is 0 Å². The van der Waals surface area contributed by atoms with E-state index in [1.807, 2.05) is 60.7 Å². The third-order valence-electron chi connectivity index (χ3n) is 10.7. The Morgan fingerprint density at radius 1 is 0.321 bits per heavy atom. The second-order valence-corrected chi connectivity index (χ2v) is 14.0. The van der Waals surface area contributed by atoms with Crippen molar-refractivity contribution in [2.45, 2.75) is 0 Å². The Hall–Kier alpha value is -7.63. The minimum atomic E-state index is 0.621. The fourth-order valence-electron chi connectivity index (χ4n) is 7.96. The van der Waals surface area contributed by atoms with E-state index < -0.39 is 0 Å². The molecule has 0 amide bonds. The summed E-state index contributed by atoms with van der Waals surface area (Å²) in [6, 6.07) is 67.4. The summed E-state index contributed by atoms with van der Waals surface area (Å²) in [6.45, 7) is 0. The summed E-state index contributed by atoms with van der Waals surface area (Å²) in [5.41, 5.74) is 12.3. The number of hydrogen-bond acceptors (Lipinski definition) is 4. The number of nitrogens with zero attached hydrogens (tertiary/aromatic N) is 4. The molecule has 0 unspecified atom stereocenters. The lowest BCUT2D eigenvalue weighted by atomic mass is 10.0. The molecule has 0 spiro atoms. The molecule has 262 valence electrons. The third kappa shape index (κ3) is 5.37. The second kappa shape index (κ2) is 13.0. The zero-order valence-corrected chi connectivity index (χ0v) is 30.2. The lowest BCUT2D eigenvalue weighted by Gasteiger charge is -2.09. The van der Waals surface area contributed by atoms with Gasteiger partial charge in [-0.3, -0.25) is 0 Å². The van der Waals surface area contributed by atoms with Gasteiger partial charge >= 0.3 is 0 Å². The van der Waals surface area contributed by atoms with Gasteiger partial charge in [-0.1, -0.05) is 152 Å². The average molecular weight is 717 g/mol. The Balaban J connectivity index is 1.02. The summed E-state index contributed by atoms with van der Waals surface area (Å²) in [7, 11) is 0. The standard InChI is InChI=1S/C51H32N4O/c1-4-14-33(15-5-1)37-27-29-45-43(31-37)40-22-10-11-24-44(40)55(45)46-25-13-23-42-41-28-26-38(32-47(41)56-48(42)46)36-20-12-21-39(30-36)51-53-49(34-16-6-2-7-17-34)52-50(54-51)35-18-8-3-9-19-35/h1-32H. The van der Waals surface area contributed by atoms with Gasteiger partial charge in [0.2, 0.25) is 0 Å². The molecule has 11 aromatic rings. The highest BCUT2D eigenvalue weighted by molar-refractivity contribution is 6.13. The van der Waals surface area contributed by atoms with E-state index in [0.717, 1.165) is 66.5 Å². The highest BCUT2D eigenvalue weighted by Crippen LogP contribution is 2.40. The number of aromatic nitrogens is 4. The first-order valence-electron chi connectivity index (χ1n) is 18.8. The van der Waals surface area contributed by atoms with Gasteiger partial charge in [-0.25, -0.2) is 15.0 Å². The Morgan fingerprint density at radius 3 is 1.57 bits per heavy atom. The van der Waals surface area contributed by atoms with E-state index in [-0.39, 0.29) is 0 Å². The van der Waals surface area contributed by atoms with E-state index in [2.05, 4.69) is 138 Å². The zero-order valence-electron chi connectivity index (χ0n) is 30.2. The van der Waals surface area contributed by atoms with Gasteiger partial charge in [0.15, 0.2) is 23.1 Å². The maximum Gasteiger partial charge on any atom is 0.164 e. The van der Waals surface area contributed by atoms with Crippen LogP contribution in [0.2, 0.25) is 0 Å². The summed E-state index contributed by atoms with van der Waals surface area (Å²) >= 11 is 0. The fourth-order valence-corrected chi connectivity index (χ4v) is 7.96. The highest BCUT2D eigenvalue weighted by Gasteiger charge is 2.19. The van der Waals surface area contributed by atoms with Crippen LogP contribution in [0.4, 0.5) is 0 Å². The first-order valence-corrected chi connectivity index (χ1v) is 18.8. The number of benzene rings is 8. The molecule has 3 aromatic heterocycles. The monoisotopic (exact) mass is 716 g/mol. The Bertz CT molecular complexity index is 3180. The van der Waals surface area contributed by atoms with E-state index in [9.17, 15) is 0 Å². The lowest BCUT2D eigenvalue weighted by molar-refractivity contribution is 0.666. The maximum atomic E-state index is 6.85. The molecule has 0 radical (unpaired) electrons. The average Bonchev–Trinajstić information content (AvgIpc) is 3.82.